The van der Waals surface area contributed by atoms with Crippen molar-refractivity contribution in [1.29, 1.82) is 0 Å². The minimum absolute atomic E-state index is 0.113. The molecular formula is C8H16NO3+. The molecule has 4 nitrogen and oxygen atoms in total. The van der Waals surface area contributed by atoms with Crippen molar-refractivity contribution in [1.82, 2.24) is 4.90 Å². The predicted molar refractivity (Wildman–Crippen MR) is 45.2 cm³/mol. The molecule has 0 aromatic carbocycles. The number of hydrogen-bond acceptors (Lipinski definition) is 2. The molecule has 1 saturated heterocycles. The molecule has 0 radical (unpaired) electrons. The third kappa shape index (κ3) is 2.37. The Morgan fingerprint density at radius 2 is 2.00 bits per heavy atom. The van der Waals surface area contributed by atoms with Crippen LogP contribution in [0.1, 0.15) is 20.8 Å². The molecule has 1 aliphatic heterocycles. The van der Waals surface area contributed by atoms with Gasteiger partial charge in [0, 0.05) is 0 Å². The maximum atomic E-state index is 11.2. The Morgan fingerprint density at radius 1 is 1.50 bits per heavy atom. The van der Waals surface area contributed by atoms with Gasteiger partial charge in [-0.2, -0.15) is 0 Å². The summed E-state index contributed by atoms with van der Waals surface area (Å²) in [6.45, 7) is 6.53. The van der Waals surface area contributed by atoms with Gasteiger partial charge in [-0.25, -0.2) is 4.79 Å². The fourth-order valence-corrected chi connectivity index (χ4v) is 0.954. The Bertz CT molecular complexity index is 179. The van der Waals surface area contributed by atoms with Crippen LogP contribution < -0.4 is 0 Å². The van der Waals surface area contributed by atoms with E-state index in [4.69, 9.17) is 9.84 Å². The number of nitrogens with zero attached hydrogens (tertiary/aromatic N) is 1. The minimum Gasteiger partial charge on any atom is -0.444 e. The van der Waals surface area contributed by atoms with E-state index in [2.05, 4.69) is 0 Å². The van der Waals surface area contributed by atoms with Crippen LogP contribution in [0.3, 0.4) is 0 Å². The highest BCUT2D eigenvalue weighted by atomic mass is 16.6. The first-order valence-electron chi connectivity index (χ1n) is 4.07. The standard InChI is InChI=1S/C8H15NO3/c1-8(2,3)12-7(11)9-4-6(10)5-9/h6,10H,4-5H2,1-3H3/p+1. The van der Waals surface area contributed by atoms with Gasteiger partial charge in [-0.3, -0.25) is 4.90 Å². The molecule has 1 amide bonds. The van der Waals surface area contributed by atoms with Gasteiger partial charge in [-0.1, -0.05) is 0 Å². The van der Waals surface area contributed by atoms with Gasteiger partial charge >= 0.3 is 6.09 Å². The smallest absolute Gasteiger partial charge is 0.410 e. The molecule has 0 atom stereocenters. The van der Waals surface area contributed by atoms with Crippen molar-refractivity contribution in [2.45, 2.75) is 32.5 Å². The first-order valence-corrected chi connectivity index (χ1v) is 4.07. The normalized spacial score (nSPS) is 18.8. The number of rotatable bonds is 0. The van der Waals surface area contributed by atoms with Crippen LogP contribution in [0.5, 0.6) is 0 Å². The van der Waals surface area contributed by atoms with E-state index in [1.54, 1.807) is 4.90 Å². The molecule has 0 spiro atoms. The number of amides is 1. The average molecular weight is 174 g/mol. The topological polar surface area (TPSA) is 52.4 Å². The van der Waals surface area contributed by atoms with E-state index >= 15 is 0 Å². The van der Waals surface area contributed by atoms with Gasteiger partial charge in [0.25, 0.3) is 0 Å². The van der Waals surface area contributed by atoms with Crippen molar-refractivity contribution in [3.63, 3.8) is 0 Å². The maximum Gasteiger partial charge on any atom is 0.410 e. The molecule has 1 rings (SSSR count). The van der Waals surface area contributed by atoms with E-state index < -0.39 is 5.60 Å². The summed E-state index contributed by atoms with van der Waals surface area (Å²) in [5.74, 6) is 0. The lowest BCUT2D eigenvalue weighted by Gasteiger charge is -2.34. The van der Waals surface area contributed by atoms with E-state index in [1.807, 2.05) is 20.8 Å². The van der Waals surface area contributed by atoms with Gasteiger partial charge in [0.2, 0.25) is 0 Å². The molecule has 1 aliphatic rings. The minimum atomic E-state index is -0.426. The van der Waals surface area contributed by atoms with Gasteiger partial charge in [0.15, 0.2) is 6.10 Å². The van der Waals surface area contributed by atoms with Gasteiger partial charge in [-0.05, 0) is 20.8 Å². The number of carbonyl (C=O) groups is 1. The molecule has 0 aromatic rings. The van der Waals surface area contributed by atoms with Gasteiger partial charge < -0.3 is 9.84 Å². The summed E-state index contributed by atoms with van der Waals surface area (Å²) in [4.78, 5) is 12.8. The van der Waals surface area contributed by atoms with Crippen LogP contribution in [0.4, 0.5) is 4.79 Å². The first-order chi connectivity index (χ1) is 5.38. The highest BCUT2D eigenvalue weighted by Crippen LogP contribution is 2.14. The Kier molecular flexibility index (Phi) is 2.28. The van der Waals surface area contributed by atoms with Crippen molar-refractivity contribution >= 4 is 6.09 Å². The Hall–Kier alpha value is -0.770. The van der Waals surface area contributed by atoms with Crippen LogP contribution in [-0.4, -0.2) is 40.9 Å². The maximum absolute atomic E-state index is 11.2. The van der Waals surface area contributed by atoms with Crippen LogP contribution in [0.25, 0.3) is 0 Å². The summed E-state index contributed by atoms with van der Waals surface area (Å²) in [6, 6.07) is 0. The molecule has 12 heavy (non-hydrogen) atoms. The molecule has 0 aromatic heterocycles. The van der Waals surface area contributed by atoms with Crippen LogP contribution >= 0.6 is 0 Å². The molecule has 0 bridgehead atoms. The SMILES string of the molecule is CC(C)(C)OC(=O)N1CC([OH2+])C1. The molecule has 4 heteroatoms. The Morgan fingerprint density at radius 3 is 2.33 bits per heavy atom. The van der Waals surface area contributed by atoms with E-state index in [9.17, 15) is 4.79 Å². The quantitative estimate of drug-likeness (QED) is 0.497. The lowest BCUT2D eigenvalue weighted by atomic mass is 10.2. The Balaban J connectivity index is 2.30. The van der Waals surface area contributed by atoms with E-state index in [0.717, 1.165) is 0 Å². The predicted octanol–water partition coefficient (Wildman–Crippen LogP) is 0.330. The van der Waals surface area contributed by atoms with Crippen molar-refractivity contribution in [3.8, 4) is 0 Å². The molecule has 0 aliphatic carbocycles. The summed E-state index contributed by atoms with van der Waals surface area (Å²) >= 11 is 0. The van der Waals surface area contributed by atoms with Gasteiger partial charge in [0.1, 0.15) is 5.60 Å². The third-order valence-electron chi connectivity index (χ3n) is 1.53. The second-order valence-electron chi connectivity index (χ2n) is 4.08. The molecule has 70 valence electrons. The molecule has 0 unspecified atom stereocenters. The lowest BCUT2D eigenvalue weighted by molar-refractivity contribution is -0.0303. The van der Waals surface area contributed by atoms with Crippen LogP contribution in [0.2, 0.25) is 0 Å². The largest absolute Gasteiger partial charge is 0.444 e. The zero-order valence-electron chi connectivity index (χ0n) is 7.76. The fraction of sp³-hybridized carbons (Fsp3) is 0.875. The van der Waals surface area contributed by atoms with Crippen molar-refractivity contribution < 1.29 is 14.6 Å². The van der Waals surface area contributed by atoms with E-state index in [0.29, 0.717) is 13.1 Å². The van der Waals surface area contributed by atoms with Gasteiger partial charge in [-0.15, -0.1) is 0 Å². The second-order valence-corrected chi connectivity index (χ2v) is 4.08. The van der Waals surface area contributed by atoms with Crippen LogP contribution in [0.15, 0.2) is 0 Å². The molecular weight excluding hydrogens is 158 g/mol. The number of likely N-dealkylation sites (tertiary alicyclic amines) is 1. The highest BCUT2D eigenvalue weighted by Gasteiger charge is 2.35. The number of ether oxygens (including phenoxy) is 1. The summed E-state index contributed by atoms with van der Waals surface area (Å²) in [6.07, 6.45) is -0.413. The van der Waals surface area contributed by atoms with E-state index in [-0.39, 0.29) is 12.2 Å². The second kappa shape index (κ2) is 2.94. The molecule has 1 fully saturated rings. The number of hydrogen-bond donors (Lipinski definition) is 0. The highest BCUT2D eigenvalue weighted by molar-refractivity contribution is 5.69. The zero-order valence-corrected chi connectivity index (χ0v) is 7.76. The van der Waals surface area contributed by atoms with Crippen molar-refractivity contribution in [2.24, 2.45) is 0 Å². The van der Waals surface area contributed by atoms with Crippen LogP contribution in [-0.2, 0) is 4.74 Å². The van der Waals surface area contributed by atoms with Crippen LogP contribution in [0, 0.1) is 0 Å². The first kappa shape index (κ1) is 9.32. The summed E-state index contributed by atoms with van der Waals surface area (Å²) in [7, 11) is 0. The molecule has 1 heterocycles. The Labute approximate surface area is 72.1 Å². The summed E-state index contributed by atoms with van der Waals surface area (Å²) < 4.78 is 5.09. The number of carbonyl (C=O) groups excluding carboxylic acids is 1. The zero-order chi connectivity index (χ0) is 9.35. The summed E-state index contributed by atoms with van der Waals surface area (Å²) in [5, 5.41) is 7.22. The van der Waals surface area contributed by atoms with Gasteiger partial charge in [0.05, 0.1) is 13.1 Å². The molecule has 0 saturated carbocycles. The monoisotopic (exact) mass is 174 g/mol. The van der Waals surface area contributed by atoms with E-state index in [1.165, 1.54) is 0 Å². The van der Waals surface area contributed by atoms with Crippen molar-refractivity contribution in [3.05, 3.63) is 0 Å². The fourth-order valence-electron chi connectivity index (χ4n) is 0.954. The van der Waals surface area contributed by atoms with Crippen molar-refractivity contribution in [2.75, 3.05) is 13.1 Å². The lowest BCUT2D eigenvalue weighted by Crippen LogP contribution is -2.54. The molecule has 2 N–H and O–H groups in total. The summed E-state index contributed by atoms with van der Waals surface area (Å²) in [5.41, 5.74) is -0.426. The average Bonchev–Trinajstić information content (AvgIpc) is 1.76. The third-order valence-corrected chi connectivity index (χ3v) is 1.53.